The lowest BCUT2D eigenvalue weighted by atomic mass is 10.1. The average molecular weight is 258 g/mol. The molecule has 5 heteroatoms. The standard InChI is InChI=1S/C14H15FN4/c1-10-17-11(2)19(18-10)9-13-6-5-12(4-3-7-16)8-14(13)15/h5-6,8H,7,9,16H2,1-2H3. The van der Waals surface area contributed by atoms with Crippen LogP contribution in [0, 0.1) is 31.5 Å². The Hall–Kier alpha value is -2.19. The van der Waals surface area contributed by atoms with Crippen LogP contribution in [0.4, 0.5) is 4.39 Å². The van der Waals surface area contributed by atoms with Crippen molar-refractivity contribution >= 4 is 0 Å². The molecule has 0 aliphatic heterocycles. The van der Waals surface area contributed by atoms with Crippen LogP contribution in [0.2, 0.25) is 0 Å². The molecule has 98 valence electrons. The molecule has 0 spiro atoms. The number of nitrogens with two attached hydrogens (primary N) is 1. The van der Waals surface area contributed by atoms with Crippen molar-refractivity contribution in [1.82, 2.24) is 14.8 Å². The van der Waals surface area contributed by atoms with Gasteiger partial charge in [0, 0.05) is 11.1 Å². The van der Waals surface area contributed by atoms with E-state index in [-0.39, 0.29) is 12.4 Å². The van der Waals surface area contributed by atoms with Crippen LogP contribution in [0.15, 0.2) is 18.2 Å². The molecule has 19 heavy (non-hydrogen) atoms. The van der Waals surface area contributed by atoms with Crippen LogP contribution in [-0.2, 0) is 6.54 Å². The van der Waals surface area contributed by atoms with Gasteiger partial charge in [-0.3, -0.25) is 0 Å². The van der Waals surface area contributed by atoms with Gasteiger partial charge >= 0.3 is 0 Å². The second kappa shape index (κ2) is 5.63. The Kier molecular flexibility index (Phi) is 3.93. The van der Waals surface area contributed by atoms with Crippen LogP contribution in [-0.4, -0.2) is 21.3 Å². The third kappa shape index (κ3) is 3.18. The highest BCUT2D eigenvalue weighted by Crippen LogP contribution is 2.12. The van der Waals surface area contributed by atoms with Crippen molar-refractivity contribution in [1.29, 1.82) is 0 Å². The van der Waals surface area contributed by atoms with Crippen LogP contribution in [0.1, 0.15) is 22.8 Å². The number of hydrogen-bond acceptors (Lipinski definition) is 3. The molecule has 0 atom stereocenters. The quantitative estimate of drug-likeness (QED) is 0.828. The molecule has 4 nitrogen and oxygen atoms in total. The van der Waals surface area contributed by atoms with E-state index in [1.807, 2.05) is 13.8 Å². The van der Waals surface area contributed by atoms with Crippen molar-refractivity contribution in [2.24, 2.45) is 5.73 Å². The van der Waals surface area contributed by atoms with E-state index in [1.54, 1.807) is 16.8 Å². The number of aromatic nitrogens is 3. The summed E-state index contributed by atoms with van der Waals surface area (Å²) >= 11 is 0. The zero-order valence-electron chi connectivity index (χ0n) is 10.9. The van der Waals surface area contributed by atoms with Crippen LogP contribution in [0.3, 0.4) is 0 Å². The van der Waals surface area contributed by atoms with Gasteiger partial charge < -0.3 is 5.73 Å². The van der Waals surface area contributed by atoms with E-state index >= 15 is 0 Å². The second-order valence-electron chi connectivity index (χ2n) is 4.18. The third-order valence-electron chi connectivity index (χ3n) is 2.67. The van der Waals surface area contributed by atoms with Crippen LogP contribution < -0.4 is 5.73 Å². The summed E-state index contributed by atoms with van der Waals surface area (Å²) in [5.41, 5.74) is 6.46. The summed E-state index contributed by atoms with van der Waals surface area (Å²) in [6.45, 7) is 4.29. The predicted molar refractivity (Wildman–Crippen MR) is 70.9 cm³/mol. The molecule has 0 saturated heterocycles. The fraction of sp³-hybridized carbons (Fsp3) is 0.286. The van der Waals surface area contributed by atoms with Gasteiger partial charge in [-0.15, -0.1) is 0 Å². The topological polar surface area (TPSA) is 56.7 Å². The van der Waals surface area contributed by atoms with Gasteiger partial charge in [0.2, 0.25) is 0 Å². The van der Waals surface area contributed by atoms with Gasteiger partial charge in [0.1, 0.15) is 17.5 Å². The zero-order valence-corrected chi connectivity index (χ0v) is 10.9. The maximum absolute atomic E-state index is 13.9. The Balaban J connectivity index is 2.24. The van der Waals surface area contributed by atoms with Gasteiger partial charge in [0.05, 0.1) is 13.1 Å². The highest BCUT2D eigenvalue weighted by molar-refractivity contribution is 5.37. The maximum atomic E-state index is 13.9. The van der Waals surface area contributed by atoms with Crippen molar-refractivity contribution in [3.63, 3.8) is 0 Å². The van der Waals surface area contributed by atoms with Crippen molar-refractivity contribution in [2.75, 3.05) is 6.54 Å². The lowest BCUT2D eigenvalue weighted by Gasteiger charge is -2.05. The van der Waals surface area contributed by atoms with E-state index in [0.29, 0.717) is 23.5 Å². The van der Waals surface area contributed by atoms with Crippen LogP contribution in [0.5, 0.6) is 0 Å². The Morgan fingerprint density at radius 3 is 2.74 bits per heavy atom. The summed E-state index contributed by atoms with van der Waals surface area (Å²) in [4.78, 5) is 4.19. The molecular formula is C14H15FN4. The number of halogens is 1. The highest BCUT2D eigenvalue weighted by Gasteiger charge is 2.07. The number of rotatable bonds is 2. The normalized spacial score (nSPS) is 10.1. The van der Waals surface area contributed by atoms with Gasteiger partial charge in [-0.2, -0.15) is 5.10 Å². The lowest BCUT2D eigenvalue weighted by molar-refractivity contribution is 0.577. The number of hydrogen-bond donors (Lipinski definition) is 1. The molecule has 0 aliphatic rings. The van der Waals surface area contributed by atoms with Gasteiger partial charge in [-0.1, -0.05) is 17.9 Å². The summed E-state index contributed by atoms with van der Waals surface area (Å²) in [5.74, 6) is 6.66. The van der Waals surface area contributed by atoms with Crippen molar-refractivity contribution in [3.8, 4) is 11.8 Å². The largest absolute Gasteiger partial charge is 0.320 e. The Labute approximate surface area is 111 Å². The molecule has 0 amide bonds. The van der Waals surface area contributed by atoms with Crippen molar-refractivity contribution in [2.45, 2.75) is 20.4 Å². The molecule has 0 saturated carbocycles. The SMILES string of the molecule is Cc1nc(C)n(Cc2ccc(C#CCN)cc2F)n1. The third-order valence-corrected chi connectivity index (χ3v) is 2.67. The molecular weight excluding hydrogens is 243 g/mol. The fourth-order valence-electron chi connectivity index (χ4n) is 1.78. The minimum Gasteiger partial charge on any atom is -0.320 e. The van der Waals surface area contributed by atoms with E-state index in [0.717, 1.165) is 5.82 Å². The molecule has 0 fully saturated rings. The summed E-state index contributed by atoms with van der Waals surface area (Å²) in [5, 5.41) is 4.21. The van der Waals surface area contributed by atoms with Gasteiger partial charge in [-0.05, 0) is 26.0 Å². The van der Waals surface area contributed by atoms with E-state index in [9.17, 15) is 4.39 Å². The van der Waals surface area contributed by atoms with Crippen LogP contribution in [0.25, 0.3) is 0 Å². The maximum Gasteiger partial charge on any atom is 0.147 e. The fourth-order valence-corrected chi connectivity index (χ4v) is 1.78. The molecule has 1 aromatic carbocycles. The molecule has 0 aliphatic carbocycles. The first-order valence-electron chi connectivity index (χ1n) is 5.95. The number of aryl methyl sites for hydroxylation is 2. The summed E-state index contributed by atoms with van der Waals surface area (Å²) in [6.07, 6.45) is 0. The summed E-state index contributed by atoms with van der Waals surface area (Å²) in [7, 11) is 0. The first-order valence-corrected chi connectivity index (χ1v) is 5.95. The minimum atomic E-state index is -0.295. The summed E-state index contributed by atoms with van der Waals surface area (Å²) < 4.78 is 15.6. The van der Waals surface area contributed by atoms with Gasteiger partial charge in [0.25, 0.3) is 0 Å². The number of nitrogens with zero attached hydrogens (tertiary/aromatic N) is 3. The van der Waals surface area contributed by atoms with Gasteiger partial charge in [0.15, 0.2) is 0 Å². The molecule has 2 rings (SSSR count). The van der Waals surface area contributed by atoms with Crippen molar-refractivity contribution in [3.05, 3.63) is 46.8 Å². The van der Waals surface area contributed by atoms with E-state index in [2.05, 4.69) is 21.9 Å². The zero-order chi connectivity index (χ0) is 13.8. The molecule has 0 bridgehead atoms. The Bertz CT molecular complexity index is 649. The average Bonchev–Trinajstić information content (AvgIpc) is 2.68. The second-order valence-corrected chi connectivity index (χ2v) is 4.18. The molecule has 2 N–H and O–H groups in total. The van der Waals surface area contributed by atoms with E-state index < -0.39 is 0 Å². The molecule has 2 aromatic rings. The monoisotopic (exact) mass is 258 g/mol. The number of benzene rings is 1. The van der Waals surface area contributed by atoms with E-state index in [4.69, 9.17) is 5.73 Å². The van der Waals surface area contributed by atoms with E-state index in [1.165, 1.54) is 6.07 Å². The first kappa shape index (κ1) is 13.2. The summed E-state index contributed by atoms with van der Waals surface area (Å²) in [6, 6.07) is 4.91. The van der Waals surface area contributed by atoms with Crippen molar-refractivity contribution < 1.29 is 4.39 Å². The molecule has 1 aromatic heterocycles. The highest BCUT2D eigenvalue weighted by atomic mass is 19.1. The molecule has 1 heterocycles. The molecule has 0 radical (unpaired) electrons. The minimum absolute atomic E-state index is 0.265. The first-order chi connectivity index (χ1) is 9.10. The predicted octanol–water partition coefficient (Wildman–Crippen LogP) is 1.39. The molecule has 0 unspecified atom stereocenters. The lowest BCUT2D eigenvalue weighted by Crippen LogP contribution is -2.06. The Morgan fingerprint density at radius 2 is 2.16 bits per heavy atom. The Morgan fingerprint density at radius 1 is 1.37 bits per heavy atom. The van der Waals surface area contributed by atoms with Crippen LogP contribution >= 0.6 is 0 Å². The van der Waals surface area contributed by atoms with Gasteiger partial charge in [-0.25, -0.2) is 14.1 Å². The smallest absolute Gasteiger partial charge is 0.147 e.